The van der Waals surface area contributed by atoms with Crippen LogP contribution in [0.25, 0.3) is 10.6 Å². The van der Waals surface area contributed by atoms with Gasteiger partial charge in [-0.05, 0) is 18.4 Å². The Kier molecular flexibility index (Phi) is 3.90. The summed E-state index contributed by atoms with van der Waals surface area (Å²) < 4.78 is 0. The minimum absolute atomic E-state index is 0.145. The summed E-state index contributed by atoms with van der Waals surface area (Å²) in [7, 11) is 0. The van der Waals surface area contributed by atoms with Crippen LogP contribution >= 0.6 is 34.0 Å². The highest BCUT2D eigenvalue weighted by Crippen LogP contribution is 2.25. The number of nitrogens with zero attached hydrogens (tertiary/aromatic N) is 2. The number of aromatic nitrogens is 2. The predicted octanol–water partition coefficient (Wildman–Crippen LogP) is 3.57. The monoisotopic (exact) mass is 321 g/mol. The summed E-state index contributed by atoms with van der Waals surface area (Å²) in [5.41, 5.74) is 1.54. The molecule has 0 bridgehead atoms. The van der Waals surface area contributed by atoms with Crippen LogP contribution in [0.4, 0.5) is 0 Å². The summed E-state index contributed by atoms with van der Waals surface area (Å²) in [6.07, 6.45) is 1.79. The first kappa shape index (κ1) is 13.4. The van der Waals surface area contributed by atoms with E-state index in [1.165, 1.54) is 11.3 Å². The van der Waals surface area contributed by atoms with Gasteiger partial charge in [-0.1, -0.05) is 0 Å². The number of thiophene rings is 1. The topological polar surface area (TPSA) is 54.9 Å². The lowest BCUT2D eigenvalue weighted by Gasteiger charge is -1.99. The molecule has 3 aromatic rings. The molecule has 0 radical (unpaired) electrons. The second-order valence-corrected chi connectivity index (χ2v) is 7.04. The van der Waals surface area contributed by atoms with E-state index in [-0.39, 0.29) is 5.91 Å². The van der Waals surface area contributed by atoms with Crippen LogP contribution in [-0.4, -0.2) is 15.9 Å². The molecule has 3 heterocycles. The molecular formula is C13H11N3OS3. The smallest absolute Gasteiger partial charge is 0.271 e. The van der Waals surface area contributed by atoms with Crippen LogP contribution in [0.1, 0.15) is 20.4 Å². The highest BCUT2D eigenvalue weighted by Gasteiger charge is 2.12. The molecule has 102 valence electrons. The van der Waals surface area contributed by atoms with Crippen LogP contribution in [0, 0.1) is 6.92 Å². The Morgan fingerprint density at radius 2 is 2.30 bits per heavy atom. The van der Waals surface area contributed by atoms with Gasteiger partial charge in [-0.2, -0.15) is 11.3 Å². The Morgan fingerprint density at radius 1 is 1.40 bits per heavy atom. The summed E-state index contributed by atoms with van der Waals surface area (Å²) in [4.78, 5) is 21.6. The van der Waals surface area contributed by atoms with Gasteiger partial charge in [-0.3, -0.25) is 4.79 Å². The Labute approximate surface area is 128 Å². The zero-order chi connectivity index (χ0) is 13.9. The minimum atomic E-state index is -0.145. The van der Waals surface area contributed by atoms with Crippen LogP contribution in [0.5, 0.6) is 0 Å². The van der Waals surface area contributed by atoms with Crippen molar-refractivity contribution in [1.82, 2.24) is 15.3 Å². The van der Waals surface area contributed by atoms with E-state index >= 15 is 0 Å². The number of hydrogen-bond donors (Lipinski definition) is 1. The molecule has 0 fully saturated rings. The number of carbonyl (C=O) groups is 1. The van der Waals surface area contributed by atoms with E-state index < -0.39 is 0 Å². The number of thiazole rings is 2. The van der Waals surface area contributed by atoms with E-state index in [1.54, 1.807) is 34.3 Å². The molecule has 3 rings (SSSR count). The molecule has 0 aromatic carbocycles. The van der Waals surface area contributed by atoms with Crippen molar-refractivity contribution in [2.75, 3.05) is 0 Å². The Morgan fingerprint density at radius 3 is 3.00 bits per heavy atom. The summed E-state index contributed by atoms with van der Waals surface area (Å²) in [6, 6.07) is 2.01. The maximum Gasteiger partial charge on any atom is 0.271 e. The Hall–Kier alpha value is -1.57. The maximum absolute atomic E-state index is 12.0. The molecule has 0 aliphatic carbocycles. The Balaban J connectivity index is 1.65. The van der Waals surface area contributed by atoms with Crippen molar-refractivity contribution in [1.29, 1.82) is 0 Å². The number of amides is 1. The van der Waals surface area contributed by atoms with Gasteiger partial charge in [0.05, 0.1) is 11.6 Å². The molecule has 0 saturated heterocycles. The number of rotatable bonds is 4. The molecule has 1 amide bonds. The van der Waals surface area contributed by atoms with E-state index in [4.69, 9.17) is 0 Å². The predicted molar refractivity (Wildman–Crippen MR) is 83.4 cm³/mol. The van der Waals surface area contributed by atoms with Crippen molar-refractivity contribution in [3.63, 3.8) is 0 Å². The van der Waals surface area contributed by atoms with Gasteiger partial charge in [0.1, 0.15) is 10.7 Å². The fourth-order valence-corrected chi connectivity index (χ4v) is 3.89. The van der Waals surface area contributed by atoms with Crippen molar-refractivity contribution in [2.45, 2.75) is 13.5 Å². The van der Waals surface area contributed by atoms with Crippen molar-refractivity contribution >= 4 is 39.9 Å². The minimum Gasteiger partial charge on any atom is -0.346 e. The van der Waals surface area contributed by atoms with Crippen molar-refractivity contribution in [3.05, 3.63) is 44.0 Å². The largest absolute Gasteiger partial charge is 0.346 e. The quantitative estimate of drug-likeness (QED) is 0.799. The zero-order valence-electron chi connectivity index (χ0n) is 10.6. The molecule has 1 N–H and O–H groups in total. The van der Waals surface area contributed by atoms with E-state index in [0.717, 1.165) is 20.5 Å². The van der Waals surface area contributed by atoms with Crippen LogP contribution < -0.4 is 5.32 Å². The number of carbonyl (C=O) groups excluding carboxylic acids is 1. The molecule has 0 saturated carbocycles. The molecule has 0 aliphatic heterocycles. The number of nitrogens with one attached hydrogen (secondary N) is 1. The van der Waals surface area contributed by atoms with Gasteiger partial charge in [0.2, 0.25) is 0 Å². The van der Waals surface area contributed by atoms with Gasteiger partial charge < -0.3 is 5.32 Å². The first-order valence-corrected chi connectivity index (χ1v) is 8.54. The first-order valence-electron chi connectivity index (χ1n) is 5.90. The Bertz CT molecular complexity index is 715. The van der Waals surface area contributed by atoms with Gasteiger partial charge in [-0.15, -0.1) is 22.7 Å². The number of hydrogen-bond acceptors (Lipinski definition) is 6. The molecule has 0 spiro atoms. The van der Waals surface area contributed by atoms with E-state index in [9.17, 15) is 4.79 Å². The third-order valence-corrected chi connectivity index (χ3v) is 5.08. The van der Waals surface area contributed by atoms with Crippen molar-refractivity contribution in [2.24, 2.45) is 0 Å². The standard InChI is InChI=1S/C13H11N3OS3/c1-8-14-4-10(20-8)5-15-12(17)11-7-19-13(16-11)9-2-3-18-6-9/h2-4,6-7H,5H2,1H3,(H,15,17). The summed E-state index contributed by atoms with van der Waals surface area (Å²) in [6.45, 7) is 2.44. The molecule has 0 aliphatic rings. The lowest BCUT2D eigenvalue weighted by Crippen LogP contribution is -2.22. The van der Waals surface area contributed by atoms with E-state index in [0.29, 0.717) is 12.2 Å². The van der Waals surface area contributed by atoms with Crippen molar-refractivity contribution < 1.29 is 4.79 Å². The third kappa shape index (κ3) is 2.95. The summed E-state index contributed by atoms with van der Waals surface area (Å²) in [5, 5.41) is 10.6. The average molecular weight is 321 g/mol. The van der Waals surface area contributed by atoms with E-state index in [1.807, 2.05) is 23.8 Å². The molecule has 7 heteroatoms. The second kappa shape index (κ2) is 5.82. The molecule has 20 heavy (non-hydrogen) atoms. The lowest BCUT2D eigenvalue weighted by atomic mass is 10.3. The van der Waals surface area contributed by atoms with Gasteiger partial charge >= 0.3 is 0 Å². The SMILES string of the molecule is Cc1ncc(CNC(=O)c2csc(-c3ccsc3)n2)s1. The fraction of sp³-hybridized carbons (Fsp3) is 0.154. The fourth-order valence-electron chi connectivity index (χ4n) is 1.64. The van der Waals surface area contributed by atoms with Crippen LogP contribution in [-0.2, 0) is 6.54 Å². The summed E-state index contributed by atoms with van der Waals surface area (Å²) in [5.74, 6) is -0.145. The normalized spacial score (nSPS) is 10.7. The van der Waals surface area contributed by atoms with Crippen molar-refractivity contribution in [3.8, 4) is 10.6 Å². The molecular weight excluding hydrogens is 310 g/mol. The van der Waals surface area contributed by atoms with Crippen LogP contribution in [0.3, 0.4) is 0 Å². The maximum atomic E-state index is 12.0. The van der Waals surface area contributed by atoms with Gasteiger partial charge in [0.25, 0.3) is 5.91 Å². The molecule has 4 nitrogen and oxygen atoms in total. The molecule has 0 atom stereocenters. The number of aryl methyl sites for hydroxylation is 1. The highest BCUT2D eigenvalue weighted by molar-refractivity contribution is 7.14. The third-order valence-electron chi connectivity index (χ3n) is 2.60. The van der Waals surface area contributed by atoms with E-state index in [2.05, 4.69) is 15.3 Å². The second-order valence-electron chi connectivity index (χ2n) is 4.08. The van der Waals surface area contributed by atoms with Gasteiger partial charge in [-0.25, -0.2) is 9.97 Å². The summed E-state index contributed by atoms with van der Waals surface area (Å²) >= 11 is 4.69. The van der Waals surface area contributed by atoms with Gasteiger partial charge in [0.15, 0.2) is 0 Å². The lowest BCUT2D eigenvalue weighted by molar-refractivity contribution is 0.0947. The van der Waals surface area contributed by atoms with Crippen LogP contribution in [0.2, 0.25) is 0 Å². The zero-order valence-corrected chi connectivity index (χ0v) is 13.1. The van der Waals surface area contributed by atoms with Crippen LogP contribution in [0.15, 0.2) is 28.4 Å². The average Bonchev–Trinajstić information content (AvgIpc) is 3.16. The van der Waals surface area contributed by atoms with Gasteiger partial charge in [0, 0.05) is 27.4 Å². The molecule has 0 unspecified atom stereocenters. The first-order chi connectivity index (χ1) is 9.72. The molecule has 3 aromatic heterocycles. The highest BCUT2D eigenvalue weighted by atomic mass is 32.1.